The molecular weight excluding hydrogens is 310 g/mol. The third kappa shape index (κ3) is 3.35. The van der Waals surface area contributed by atoms with Gasteiger partial charge in [-0.1, -0.05) is 42.5 Å². The summed E-state index contributed by atoms with van der Waals surface area (Å²) in [7, 11) is 0. The van der Waals surface area contributed by atoms with Gasteiger partial charge in [0.25, 0.3) is 5.91 Å². The number of hydrogen-bond donors (Lipinski definition) is 1. The second kappa shape index (κ2) is 6.95. The molecule has 0 spiro atoms. The molecule has 4 rings (SSSR count). The fraction of sp³-hybridized carbons (Fsp3) is 0.190. The van der Waals surface area contributed by atoms with Gasteiger partial charge in [0.05, 0.1) is 5.70 Å². The zero-order valence-electron chi connectivity index (χ0n) is 14.1. The van der Waals surface area contributed by atoms with Crippen molar-refractivity contribution < 1.29 is 4.79 Å². The van der Waals surface area contributed by atoms with Crippen molar-refractivity contribution in [3.05, 3.63) is 89.9 Å². The zero-order valence-corrected chi connectivity index (χ0v) is 14.1. The van der Waals surface area contributed by atoms with E-state index in [1.54, 1.807) is 11.0 Å². The predicted octanol–water partition coefficient (Wildman–Crippen LogP) is 2.67. The van der Waals surface area contributed by atoms with Crippen molar-refractivity contribution in [2.24, 2.45) is 0 Å². The number of hydrogen-bond acceptors (Lipinski definition) is 3. The molecule has 0 saturated carbocycles. The molecule has 3 aliphatic rings. The summed E-state index contributed by atoms with van der Waals surface area (Å²) in [4.78, 5) is 16.9. The molecule has 0 bridgehead atoms. The van der Waals surface area contributed by atoms with Gasteiger partial charge in [0, 0.05) is 44.2 Å². The molecule has 0 atom stereocenters. The molecular formula is C21H21N3O. The fourth-order valence-electron chi connectivity index (χ4n) is 3.25. The van der Waals surface area contributed by atoms with Gasteiger partial charge in [0.15, 0.2) is 0 Å². The highest BCUT2D eigenvalue weighted by atomic mass is 16.2. The lowest BCUT2D eigenvalue weighted by Gasteiger charge is -2.33. The predicted molar refractivity (Wildman–Crippen MR) is 100 cm³/mol. The highest BCUT2D eigenvalue weighted by Crippen LogP contribution is 2.24. The monoisotopic (exact) mass is 331 g/mol. The summed E-state index contributed by atoms with van der Waals surface area (Å²) in [5.41, 5.74) is 3.95. The summed E-state index contributed by atoms with van der Waals surface area (Å²) in [5, 5.41) is 3.36. The van der Waals surface area contributed by atoms with Crippen LogP contribution in [0.3, 0.4) is 0 Å². The lowest BCUT2D eigenvalue weighted by atomic mass is 10.0. The van der Waals surface area contributed by atoms with Crippen LogP contribution in [0.1, 0.15) is 5.56 Å². The van der Waals surface area contributed by atoms with Gasteiger partial charge in [0.2, 0.25) is 0 Å². The molecule has 1 N–H and O–H groups in total. The Hall–Kier alpha value is -2.85. The number of nitrogens with zero attached hydrogens (tertiary/aromatic N) is 2. The van der Waals surface area contributed by atoms with Gasteiger partial charge >= 0.3 is 0 Å². The minimum atomic E-state index is -0.0218. The third-order valence-corrected chi connectivity index (χ3v) is 4.61. The lowest BCUT2D eigenvalue weighted by molar-refractivity contribution is -0.122. The average molecular weight is 331 g/mol. The molecule has 1 saturated heterocycles. The zero-order chi connectivity index (χ0) is 17.1. The first kappa shape index (κ1) is 15.7. The first-order valence-corrected chi connectivity index (χ1v) is 8.65. The summed E-state index contributed by atoms with van der Waals surface area (Å²) < 4.78 is 0. The molecule has 1 fully saturated rings. The van der Waals surface area contributed by atoms with Crippen LogP contribution in [0.4, 0.5) is 0 Å². The maximum Gasteiger partial charge on any atom is 0.255 e. The van der Waals surface area contributed by atoms with Crippen LogP contribution in [0.15, 0.2) is 84.4 Å². The normalized spacial score (nSPS) is 25.8. The summed E-state index contributed by atoms with van der Waals surface area (Å²) >= 11 is 0. The summed E-state index contributed by atoms with van der Waals surface area (Å²) in [5.74, 6) is -0.0218. The van der Waals surface area contributed by atoms with Crippen LogP contribution in [-0.2, 0) is 4.79 Å². The Balaban J connectivity index is 1.65. The van der Waals surface area contributed by atoms with E-state index in [9.17, 15) is 4.79 Å². The van der Waals surface area contributed by atoms with E-state index in [-0.39, 0.29) is 5.91 Å². The largest absolute Gasteiger partial charge is 0.368 e. The Morgan fingerprint density at radius 1 is 0.920 bits per heavy atom. The van der Waals surface area contributed by atoms with Crippen LogP contribution >= 0.6 is 0 Å². The van der Waals surface area contributed by atoms with Gasteiger partial charge in [-0.3, -0.25) is 9.69 Å². The minimum absolute atomic E-state index is 0.0218. The highest BCUT2D eigenvalue weighted by Gasteiger charge is 2.21. The van der Waals surface area contributed by atoms with Crippen molar-refractivity contribution in [2.45, 2.75) is 0 Å². The maximum atomic E-state index is 12.9. The van der Waals surface area contributed by atoms with Crippen molar-refractivity contribution >= 4 is 11.5 Å². The Kier molecular flexibility index (Phi) is 4.36. The fourth-order valence-corrected chi connectivity index (χ4v) is 3.25. The highest BCUT2D eigenvalue weighted by molar-refractivity contribution is 5.99. The molecule has 3 heterocycles. The van der Waals surface area contributed by atoms with Crippen LogP contribution in [0.5, 0.6) is 0 Å². The van der Waals surface area contributed by atoms with Crippen molar-refractivity contribution in [3.8, 4) is 0 Å². The van der Waals surface area contributed by atoms with Gasteiger partial charge in [-0.2, -0.15) is 0 Å². The number of piperazine rings is 1. The van der Waals surface area contributed by atoms with Crippen LogP contribution in [0.2, 0.25) is 0 Å². The van der Waals surface area contributed by atoms with Gasteiger partial charge in [-0.15, -0.1) is 0 Å². The smallest absolute Gasteiger partial charge is 0.255 e. The van der Waals surface area contributed by atoms with Gasteiger partial charge < -0.3 is 10.2 Å². The van der Waals surface area contributed by atoms with E-state index >= 15 is 0 Å². The Labute approximate surface area is 148 Å². The molecule has 3 aliphatic heterocycles. The maximum absolute atomic E-state index is 12.9. The SMILES string of the molecule is O=C1\C=C(c2ccccc2)/C=C/C=C2\C=CC(N3CCNCC3)=CN12. The standard InChI is InChI=1S/C21H21N3O/c25-21-15-18(17-5-2-1-3-6-17)7-4-8-19-9-10-20(16-24(19)21)23-13-11-22-12-14-23/h1-10,15-16,22H,11-14H2/b7-4+,18-15+,19-8+. The Morgan fingerprint density at radius 2 is 1.68 bits per heavy atom. The number of carbonyl (C=O) groups excluding carboxylic acids is 1. The first-order valence-electron chi connectivity index (χ1n) is 8.65. The molecule has 0 radical (unpaired) electrons. The first-order chi connectivity index (χ1) is 12.3. The average Bonchev–Trinajstić information content (AvgIpc) is 2.67. The number of nitrogens with one attached hydrogen (secondary N) is 1. The number of allylic oxidation sites excluding steroid dienone is 6. The van der Waals surface area contributed by atoms with E-state index in [1.807, 2.05) is 60.8 Å². The number of fused-ring (bicyclic) bond motifs is 1. The van der Waals surface area contributed by atoms with Crippen molar-refractivity contribution in [1.29, 1.82) is 0 Å². The molecule has 0 aliphatic carbocycles. The van der Waals surface area contributed by atoms with Gasteiger partial charge in [-0.05, 0) is 29.4 Å². The van der Waals surface area contributed by atoms with Crippen molar-refractivity contribution in [3.63, 3.8) is 0 Å². The number of amides is 1. The van der Waals surface area contributed by atoms with Crippen LogP contribution in [0.25, 0.3) is 5.57 Å². The summed E-state index contributed by atoms with van der Waals surface area (Å²) in [6.07, 6.45) is 13.7. The topological polar surface area (TPSA) is 35.6 Å². The molecule has 0 unspecified atom stereocenters. The minimum Gasteiger partial charge on any atom is -0.368 e. The molecule has 1 aromatic rings. The molecule has 126 valence electrons. The molecule has 1 amide bonds. The number of benzene rings is 1. The van der Waals surface area contributed by atoms with E-state index in [0.29, 0.717) is 0 Å². The van der Waals surface area contributed by atoms with E-state index in [4.69, 9.17) is 0 Å². The van der Waals surface area contributed by atoms with Crippen LogP contribution in [-0.4, -0.2) is 41.9 Å². The number of rotatable bonds is 2. The second-order valence-corrected chi connectivity index (χ2v) is 6.25. The third-order valence-electron chi connectivity index (χ3n) is 4.61. The summed E-state index contributed by atoms with van der Waals surface area (Å²) in [6, 6.07) is 10.00. The molecule has 25 heavy (non-hydrogen) atoms. The quantitative estimate of drug-likeness (QED) is 0.905. The van der Waals surface area contributed by atoms with Crippen molar-refractivity contribution in [1.82, 2.24) is 15.1 Å². The Bertz CT molecular complexity index is 809. The Morgan fingerprint density at radius 3 is 2.48 bits per heavy atom. The summed E-state index contributed by atoms with van der Waals surface area (Å²) in [6.45, 7) is 3.87. The lowest BCUT2D eigenvalue weighted by Crippen LogP contribution is -2.43. The van der Waals surface area contributed by atoms with E-state index in [1.165, 1.54) is 0 Å². The van der Waals surface area contributed by atoms with Crippen LogP contribution in [0, 0.1) is 0 Å². The van der Waals surface area contributed by atoms with E-state index in [0.717, 1.165) is 48.7 Å². The molecule has 0 aromatic heterocycles. The molecule has 1 aromatic carbocycles. The second-order valence-electron chi connectivity index (χ2n) is 6.25. The molecule has 4 heteroatoms. The van der Waals surface area contributed by atoms with E-state index in [2.05, 4.69) is 16.3 Å². The van der Waals surface area contributed by atoms with E-state index < -0.39 is 0 Å². The van der Waals surface area contributed by atoms with Crippen LogP contribution < -0.4 is 5.32 Å². The van der Waals surface area contributed by atoms with Gasteiger partial charge in [-0.25, -0.2) is 0 Å². The van der Waals surface area contributed by atoms with Crippen molar-refractivity contribution in [2.75, 3.05) is 26.2 Å². The van der Waals surface area contributed by atoms with Gasteiger partial charge in [0.1, 0.15) is 0 Å². The number of carbonyl (C=O) groups is 1. The molecule has 4 nitrogen and oxygen atoms in total.